The van der Waals surface area contributed by atoms with E-state index in [0.717, 1.165) is 28.2 Å². The van der Waals surface area contributed by atoms with E-state index < -0.39 is 0 Å². The van der Waals surface area contributed by atoms with Crippen molar-refractivity contribution < 1.29 is 4.39 Å². The molecule has 1 saturated carbocycles. The van der Waals surface area contributed by atoms with Crippen LogP contribution in [-0.2, 0) is 6.54 Å². The zero-order valence-electron chi connectivity index (χ0n) is 15.1. The van der Waals surface area contributed by atoms with Gasteiger partial charge < -0.3 is 10.6 Å². The van der Waals surface area contributed by atoms with Crippen LogP contribution in [0.3, 0.4) is 0 Å². The molecule has 0 amide bonds. The molecule has 2 aromatic carbocycles. The predicted octanol–water partition coefficient (Wildman–Crippen LogP) is 4.90. The van der Waals surface area contributed by atoms with Gasteiger partial charge in [0.1, 0.15) is 11.6 Å². The fourth-order valence-corrected chi connectivity index (χ4v) is 3.19. The normalized spacial score (nSPS) is 15.0. The number of rotatable bonds is 6. The summed E-state index contributed by atoms with van der Waals surface area (Å²) < 4.78 is 13.4. The molecule has 0 spiro atoms. The van der Waals surface area contributed by atoms with Crippen molar-refractivity contribution in [2.45, 2.75) is 39.3 Å². The zero-order valence-corrected chi connectivity index (χ0v) is 15.1. The van der Waals surface area contributed by atoms with E-state index in [4.69, 9.17) is 4.98 Å². The van der Waals surface area contributed by atoms with Gasteiger partial charge in [0.05, 0.1) is 5.52 Å². The van der Waals surface area contributed by atoms with Gasteiger partial charge in [-0.05, 0) is 61.9 Å². The number of hydrogen-bond donors (Lipinski definition) is 2. The van der Waals surface area contributed by atoms with Crippen LogP contribution in [0.1, 0.15) is 30.9 Å². The molecule has 0 saturated heterocycles. The summed E-state index contributed by atoms with van der Waals surface area (Å²) in [7, 11) is 0. The van der Waals surface area contributed by atoms with Crippen LogP contribution < -0.4 is 10.6 Å². The van der Waals surface area contributed by atoms with Gasteiger partial charge in [0, 0.05) is 18.0 Å². The van der Waals surface area contributed by atoms with E-state index >= 15 is 0 Å². The molecule has 134 valence electrons. The van der Waals surface area contributed by atoms with Crippen LogP contribution >= 0.6 is 0 Å². The van der Waals surface area contributed by atoms with Crippen LogP contribution in [0.25, 0.3) is 10.9 Å². The van der Waals surface area contributed by atoms with E-state index in [-0.39, 0.29) is 5.82 Å². The number of aryl methyl sites for hydroxylation is 1. The number of aromatic nitrogens is 2. The number of halogens is 1. The lowest BCUT2D eigenvalue weighted by Crippen LogP contribution is -2.19. The minimum atomic E-state index is -0.184. The summed E-state index contributed by atoms with van der Waals surface area (Å²) in [6.45, 7) is 4.53. The highest BCUT2D eigenvalue weighted by Gasteiger charge is 2.28. The average Bonchev–Trinajstić information content (AvgIpc) is 3.48. The van der Waals surface area contributed by atoms with Gasteiger partial charge in [0.2, 0.25) is 5.95 Å². The first-order valence-electron chi connectivity index (χ1n) is 9.12. The van der Waals surface area contributed by atoms with Crippen molar-refractivity contribution in [3.63, 3.8) is 0 Å². The molecule has 1 unspecified atom stereocenters. The smallest absolute Gasteiger partial charge is 0.225 e. The monoisotopic (exact) mass is 350 g/mol. The van der Waals surface area contributed by atoms with E-state index in [1.807, 2.05) is 30.3 Å². The summed E-state index contributed by atoms with van der Waals surface area (Å²) in [5.41, 5.74) is 2.55. The van der Waals surface area contributed by atoms with Crippen LogP contribution in [0.5, 0.6) is 0 Å². The van der Waals surface area contributed by atoms with Crippen molar-refractivity contribution in [3.05, 3.63) is 59.4 Å². The molecule has 4 rings (SSSR count). The Labute approximate surface area is 152 Å². The molecule has 1 aliphatic rings. The van der Waals surface area contributed by atoms with Gasteiger partial charge in [-0.15, -0.1) is 0 Å². The number of hydrogen-bond acceptors (Lipinski definition) is 4. The third kappa shape index (κ3) is 3.62. The van der Waals surface area contributed by atoms with Gasteiger partial charge in [-0.2, -0.15) is 4.98 Å². The lowest BCUT2D eigenvalue weighted by atomic mass is 10.1. The lowest BCUT2D eigenvalue weighted by molar-refractivity contribution is 0.617. The van der Waals surface area contributed by atoms with Gasteiger partial charge in [-0.25, -0.2) is 9.37 Å². The Morgan fingerprint density at radius 3 is 2.73 bits per heavy atom. The predicted molar refractivity (Wildman–Crippen MR) is 104 cm³/mol. The zero-order chi connectivity index (χ0) is 18.1. The molecule has 0 bridgehead atoms. The second kappa shape index (κ2) is 6.90. The van der Waals surface area contributed by atoms with E-state index in [9.17, 15) is 4.39 Å². The number of fused-ring (bicyclic) bond motifs is 1. The van der Waals surface area contributed by atoms with E-state index in [0.29, 0.717) is 24.1 Å². The van der Waals surface area contributed by atoms with Crippen molar-refractivity contribution in [1.29, 1.82) is 0 Å². The van der Waals surface area contributed by atoms with Crippen LogP contribution in [0.4, 0.5) is 16.2 Å². The molecular weight excluding hydrogens is 327 g/mol. The molecule has 0 radical (unpaired) electrons. The van der Waals surface area contributed by atoms with Crippen molar-refractivity contribution in [3.8, 4) is 0 Å². The number of para-hydroxylation sites is 1. The molecule has 1 fully saturated rings. The van der Waals surface area contributed by atoms with Gasteiger partial charge in [-0.1, -0.05) is 24.3 Å². The van der Waals surface area contributed by atoms with E-state index in [1.165, 1.54) is 18.9 Å². The van der Waals surface area contributed by atoms with Crippen LogP contribution in [0.15, 0.2) is 42.5 Å². The molecule has 1 aliphatic carbocycles. The second-order valence-electron chi connectivity index (χ2n) is 7.12. The summed E-state index contributed by atoms with van der Waals surface area (Å²) >= 11 is 0. The first-order chi connectivity index (χ1) is 12.6. The first kappa shape index (κ1) is 16.8. The summed E-state index contributed by atoms with van der Waals surface area (Å²) in [5.74, 6) is 2.00. The fourth-order valence-electron chi connectivity index (χ4n) is 3.19. The van der Waals surface area contributed by atoms with Crippen molar-refractivity contribution >= 4 is 22.7 Å². The first-order valence-corrected chi connectivity index (χ1v) is 9.12. The Bertz CT molecular complexity index is 936. The second-order valence-corrected chi connectivity index (χ2v) is 7.12. The average molecular weight is 350 g/mol. The Morgan fingerprint density at radius 1 is 1.15 bits per heavy atom. The number of benzene rings is 2. The molecule has 0 aliphatic heterocycles. The molecule has 5 heteroatoms. The van der Waals surface area contributed by atoms with Crippen molar-refractivity contribution in [2.75, 3.05) is 10.6 Å². The van der Waals surface area contributed by atoms with Crippen LogP contribution in [0.2, 0.25) is 0 Å². The third-order valence-corrected chi connectivity index (χ3v) is 4.97. The maximum Gasteiger partial charge on any atom is 0.225 e. The number of nitrogens with zero attached hydrogens (tertiary/aromatic N) is 2. The highest BCUT2D eigenvalue weighted by atomic mass is 19.1. The van der Waals surface area contributed by atoms with Gasteiger partial charge in [-0.3, -0.25) is 0 Å². The molecule has 3 aromatic rings. The highest BCUT2D eigenvalue weighted by molar-refractivity contribution is 5.90. The summed E-state index contributed by atoms with van der Waals surface area (Å²) in [6, 6.07) is 13.6. The van der Waals surface area contributed by atoms with Crippen LogP contribution in [0, 0.1) is 18.7 Å². The maximum atomic E-state index is 13.4. The Kier molecular flexibility index (Phi) is 4.45. The topological polar surface area (TPSA) is 49.8 Å². The standard InChI is InChI=1S/C21H23FN4/c1-13-11-15(7-10-18(13)22)12-23-21-25-19-6-4-3-5-17(19)20(26-21)24-14(2)16-8-9-16/h3-7,10-11,14,16H,8-9,12H2,1-2H3,(H2,23,24,25,26). The van der Waals surface area contributed by atoms with Crippen molar-refractivity contribution in [2.24, 2.45) is 5.92 Å². The van der Waals surface area contributed by atoms with Crippen molar-refractivity contribution in [1.82, 2.24) is 9.97 Å². The Hall–Kier alpha value is -2.69. The molecular formula is C21H23FN4. The Morgan fingerprint density at radius 2 is 1.96 bits per heavy atom. The molecule has 2 N–H and O–H groups in total. The summed E-state index contributed by atoms with van der Waals surface area (Å²) in [6.07, 6.45) is 2.57. The SMILES string of the molecule is Cc1cc(CNc2nc(NC(C)C3CC3)c3ccccc3n2)ccc1F. The van der Waals surface area contributed by atoms with Gasteiger partial charge in [0.15, 0.2) is 0 Å². The summed E-state index contributed by atoms with van der Waals surface area (Å²) in [5, 5.41) is 7.87. The molecule has 1 atom stereocenters. The maximum absolute atomic E-state index is 13.4. The fraction of sp³-hybridized carbons (Fsp3) is 0.333. The molecule has 1 aromatic heterocycles. The number of anilines is 2. The molecule has 1 heterocycles. The van der Waals surface area contributed by atoms with Gasteiger partial charge in [0.25, 0.3) is 0 Å². The third-order valence-electron chi connectivity index (χ3n) is 4.97. The highest BCUT2D eigenvalue weighted by Crippen LogP contribution is 2.34. The minimum absolute atomic E-state index is 0.184. The largest absolute Gasteiger partial charge is 0.367 e. The lowest BCUT2D eigenvalue weighted by Gasteiger charge is -2.16. The Balaban J connectivity index is 1.58. The molecule has 26 heavy (non-hydrogen) atoms. The quantitative estimate of drug-likeness (QED) is 0.664. The number of nitrogens with one attached hydrogen (secondary N) is 2. The van der Waals surface area contributed by atoms with E-state index in [1.54, 1.807) is 13.0 Å². The molecule has 4 nitrogen and oxygen atoms in total. The summed E-state index contributed by atoms with van der Waals surface area (Å²) in [4.78, 5) is 9.32. The minimum Gasteiger partial charge on any atom is -0.367 e. The van der Waals surface area contributed by atoms with Crippen LogP contribution in [-0.4, -0.2) is 16.0 Å². The van der Waals surface area contributed by atoms with Gasteiger partial charge >= 0.3 is 0 Å². The van der Waals surface area contributed by atoms with E-state index in [2.05, 4.69) is 22.5 Å².